The Labute approximate surface area is 164 Å². The lowest BCUT2D eigenvalue weighted by atomic mass is 9.89. The summed E-state index contributed by atoms with van der Waals surface area (Å²) in [5.41, 5.74) is 6.36. The van der Waals surface area contributed by atoms with E-state index in [0.29, 0.717) is 6.61 Å². The molecule has 140 valence electrons. The number of H-pyrrole nitrogens is 1. The molecule has 3 aromatic rings. The summed E-state index contributed by atoms with van der Waals surface area (Å²) in [6.45, 7) is 5.28. The Morgan fingerprint density at radius 3 is 2.85 bits per heavy atom. The molecule has 1 saturated heterocycles. The highest BCUT2D eigenvalue weighted by Gasteiger charge is 2.21. The third-order valence-corrected chi connectivity index (χ3v) is 5.88. The van der Waals surface area contributed by atoms with Gasteiger partial charge in [-0.2, -0.15) is 0 Å². The van der Waals surface area contributed by atoms with Gasteiger partial charge in [0.05, 0.1) is 18.9 Å². The zero-order valence-electron chi connectivity index (χ0n) is 15.3. The first-order valence-electron chi connectivity index (χ1n) is 9.64. The second-order valence-corrected chi connectivity index (χ2v) is 7.73. The van der Waals surface area contributed by atoms with E-state index in [2.05, 4.69) is 40.2 Å². The lowest BCUT2D eigenvalue weighted by Crippen LogP contribution is -2.38. The van der Waals surface area contributed by atoms with Crippen LogP contribution in [0, 0.1) is 0 Å². The van der Waals surface area contributed by atoms with Crippen molar-refractivity contribution in [1.29, 1.82) is 0 Å². The van der Waals surface area contributed by atoms with Gasteiger partial charge in [-0.05, 0) is 54.3 Å². The fourth-order valence-electron chi connectivity index (χ4n) is 4.18. The van der Waals surface area contributed by atoms with Crippen LogP contribution in [-0.2, 0) is 17.6 Å². The molecule has 5 heteroatoms. The van der Waals surface area contributed by atoms with E-state index >= 15 is 0 Å². The normalized spacial score (nSPS) is 16.9. The van der Waals surface area contributed by atoms with Gasteiger partial charge in [0.2, 0.25) is 0 Å². The number of nitrogens with zero attached hydrogens (tertiary/aromatic N) is 1. The van der Waals surface area contributed by atoms with E-state index in [0.717, 1.165) is 62.0 Å². The molecule has 1 N–H and O–H groups in total. The number of halogens is 1. The fraction of sp³-hybridized carbons (Fsp3) is 0.364. The maximum atomic E-state index is 6.22. The van der Waals surface area contributed by atoms with Gasteiger partial charge in [-0.25, -0.2) is 0 Å². The number of rotatable bonds is 4. The Balaban J connectivity index is 1.38. The van der Waals surface area contributed by atoms with Crippen LogP contribution in [-0.4, -0.2) is 49.3 Å². The van der Waals surface area contributed by atoms with Crippen LogP contribution in [0.2, 0.25) is 5.02 Å². The van der Waals surface area contributed by atoms with Gasteiger partial charge in [0.15, 0.2) is 0 Å². The number of aromatic amines is 1. The lowest BCUT2D eigenvalue weighted by molar-refractivity contribution is 0.0322. The Morgan fingerprint density at radius 1 is 1.07 bits per heavy atom. The molecule has 1 aromatic heterocycles. The summed E-state index contributed by atoms with van der Waals surface area (Å²) in [7, 11) is 0. The first-order chi connectivity index (χ1) is 13.3. The van der Waals surface area contributed by atoms with Crippen molar-refractivity contribution in [1.82, 2.24) is 9.88 Å². The van der Waals surface area contributed by atoms with Crippen molar-refractivity contribution < 1.29 is 9.47 Å². The Hall–Kier alpha value is -2.01. The molecule has 0 saturated carbocycles. The molecule has 1 aliphatic heterocycles. The molecule has 0 spiro atoms. The van der Waals surface area contributed by atoms with Crippen LogP contribution in [0.15, 0.2) is 36.4 Å². The van der Waals surface area contributed by atoms with E-state index in [1.807, 2.05) is 6.07 Å². The zero-order chi connectivity index (χ0) is 18.2. The summed E-state index contributed by atoms with van der Waals surface area (Å²) in [6, 6.07) is 12.6. The van der Waals surface area contributed by atoms with Crippen molar-refractivity contribution >= 4 is 22.5 Å². The average molecular weight is 383 g/mol. The second-order valence-electron chi connectivity index (χ2n) is 7.29. The number of hydrogen-bond acceptors (Lipinski definition) is 3. The zero-order valence-corrected chi connectivity index (χ0v) is 16.0. The SMILES string of the molecule is Clc1ccc2[nH]c3c(c2c1)CCc1ccc(OCCN2CCOCC2)cc1-3. The summed E-state index contributed by atoms with van der Waals surface area (Å²) in [6.07, 6.45) is 2.09. The number of aryl methyl sites for hydroxylation is 2. The number of fused-ring (bicyclic) bond motifs is 5. The van der Waals surface area contributed by atoms with Gasteiger partial charge in [-0.1, -0.05) is 17.7 Å². The molecule has 0 amide bonds. The summed E-state index contributed by atoms with van der Waals surface area (Å²) >= 11 is 6.22. The molecule has 2 aromatic carbocycles. The number of nitrogens with one attached hydrogen (secondary N) is 1. The Morgan fingerprint density at radius 2 is 1.96 bits per heavy atom. The van der Waals surface area contributed by atoms with E-state index in [1.165, 1.54) is 27.8 Å². The van der Waals surface area contributed by atoms with Crippen LogP contribution < -0.4 is 4.74 Å². The minimum atomic E-state index is 0.702. The summed E-state index contributed by atoms with van der Waals surface area (Å²) in [4.78, 5) is 5.99. The second kappa shape index (κ2) is 7.19. The standard InChI is InChI=1S/C22H23ClN2O2/c23-16-3-6-21-20(13-16)18-5-2-15-1-4-17(14-19(15)22(18)24-21)27-12-9-25-7-10-26-11-8-25/h1,3-4,6,13-14,24H,2,5,7-12H2. The maximum Gasteiger partial charge on any atom is 0.120 e. The molecule has 0 radical (unpaired) electrons. The number of ether oxygens (including phenoxy) is 2. The molecule has 5 rings (SSSR count). The third kappa shape index (κ3) is 3.33. The van der Waals surface area contributed by atoms with Crippen LogP contribution in [0.25, 0.3) is 22.2 Å². The van der Waals surface area contributed by atoms with Crippen molar-refractivity contribution in [2.45, 2.75) is 12.8 Å². The number of hydrogen-bond donors (Lipinski definition) is 1. The topological polar surface area (TPSA) is 37.5 Å². The van der Waals surface area contributed by atoms with E-state index in [4.69, 9.17) is 21.1 Å². The highest BCUT2D eigenvalue weighted by atomic mass is 35.5. The molecule has 2 heterocycles. The van der Waals surface area contributed by atoms with E-state index < -0.39 is 0 Å². The molecule has 0 unspecified atom stereocenters. The van der Waals surface area contributed by atoms with Gasteiger partial charge in [0, 0.05) is 41.1 Å². The van der Waals surface area contributed by atoms with Crippen molar-refractivity contribution in [3.05, 3.63) is 52.5 Å². The van der Waals surface area contributed by atoms with Crippen LogP contribution in [0.4, 0.5) is 0 Å². The predicted molar refractivity (Wildman–Crippen MR) is 109 cm³/mol. The van der Waals surface area contributed by atoms with Gasteiger partial charge < -0.3 is 14.5 Å². The highest BCUT2D eigenvalue weighted by Crippen LogP contribution is 2.39. The summed E-state index contributed by atoms with van der Waals surface area (Å²) in [5.74, 6) is 0.937. The quantitative estimate of drug-likeness (QED) is 0.731. The molecular weight excluding hydrogens is 360 g/mol. The van der Waals surface area contributed by atoms with Crippen LogP contribution in [0.3, 0.4) is 0 Å². The molecule has 0 bridgehead atoms. The van der Waals surface area contributed by atoms with E-state index in [1.54, 1.807) is 0 Å². The van der Waals surface area contributed by atoms with Gasteiger partial charge in [-0.15, -0.1) is 0 Å². The molecule has 27 heavy (non-hydrogen) atoms. The molecule has 1 fully saturated rings. The first kappa shape index (κ1) is 17.1. The fourth-order valence-corrected chi connectivity index (χ4v) is 4.35. The average Bonchev–Trinajstić information content (AvgIpc) is 3.07. The Bertz CT molecular complexity index is 976. The number of aromatic nitrogens is 1. The monoisotopic (exact) mass is 382 g/mol. The third-order valence-electron chi connectivity index (χ3n) is 5.64. The molecule has 1 aliphatic carbocycles. The highest BCUT2D eigenvalue weighted by molar-refractivity contribution is 6.31. The van der Waals surface area contributed by atoms with Crippen molar-refractivity contribution in [3.8, 4) is 17.0 Å². The molecule has 2 aliphatic rings. The smallest absolute Gasteiger partial charge is 0.120 e. The van der Waals surface area contributed by atoms with Crippen molar-refractivity contribution in [2.75, 3.05) is 39.5 Å². The largest absolute Gasteiger partial charge is 0.492 e. The van der Waals surface area contributed by atoms with Crippen LogP contribution in [0.1, 0.15) is 11.1 Å². The molecule has 4 nitrogen and oxygen atoms in total. The van der Waals surface area contributed by atoms with Gasteiger partial charge >= 0.3 is 0 Å². The lowest BCUT2D eigenvalue weighted by Gasteiger charge is -2.26. The van der Waals surface area contributed by atoms with Gasteiger partial charge in [0.1, 0.15) is 12.4 Å². The minimum Gasteiger partial charge on any atom is -0.492 e. The minimum absolute atomic E-state index is 0.702. The van der Waals surface area contributed by atoms with Gasteiger partial charge in [-0.3, -0.25) is 4.90 Å². The number of morpholine rings is 1. The number of benzene rings is 2. The van der Waals surface area contributed by atoms with E-state index in [9.17, 15) is 0 Å². The summed E-state index contributed by atoms with van der Waals surface area (Å²) < 4.78 is 11.5. The van der Waals surface area contributed by atoms with Crippen molar-refractivity contribution in [3.63, 3.8) is 0 Å². The van der Waals surface area contributed by atoms with Crippen molar-refractivity contribution in [2.24, 2.45) is 0 Å². The van der Waals surface area contributed by atoms with Gasteiger partial charge in [0.25, 0.3) is 0 Å². The van der Waals surface area contributed by atoms with Crippen LogP contribution >= 0.6 is 11.6 Å². The van der Waals surface area contributed by atoms with E-state index in [-0.39, 0.29) is 0 Å². The summed E-state index contributed by atoms with van der Waals surface area (Å²) in [5, 5.41) is 2.03. The molecular formula is C22H23ClN2O2. The molecule has 0 atom stereocenters. The predicted octanol–water partition coefficient (Wildman–Crippen LogP) is 4.30. The first-order valence-corrected chi connectivity index (χ1v) is 10.0. The Kier molecular flexibility index (Phi) is 4.56. The maximum absolute atomic E-state index is 6.22. The van der Waals surface area contributed by atoms with Crippen LogP contribution in [0.5, 0.6) is 5.75 Å².